The van der Waals surface area contributed by atoms with Gasteiger partial charge in [0.1, 0.15) is 6.54 Å². The number of carbonyl (C=O) groups excluding carboxylic acids is 1. The molecule has 0 aromatic heterocycles. The number of anilines is 2. The van der Waals surface area contributed by atoms with Gasteiger partial charge in [-0.15, -0.1) is 0 Å². The Labute approximate surface area is 91.4 Å². The first-order valence-electron chi connectivity index (χ1n) is 4.69. The van der Waals surface area contributed by atoms with Crippen molar-refractivity contribution in [2.45, 2.75) is 6.92 Å². The van der Waals surface area contributed by atoms with Gasteiger partial charge in [-0.2, -0.15) is 0 Å². The molecule has 6 heteroatoms. The summed E-state index contributed by atoms with van der Waals surface area (Å²) in [5, 5.41) is 2.39. The standard InChI is InChI=1S/C10H12F2N2O2/c1-2-16-8(15)5-14-10-7(13)4-3-6(11)9(10)12/h3-4,14H,2,5,13H2,1H3. The molecule has 1 aromatic carbocycles. The summed E-state index contributed by atoms with van der Waals surface area (Å²) in [5.41, 5.74) is 5.23. The zero-order chi connectivity index (χ0) is 12.1. The molecule has 0 aliphatic carbocycles. The highest BCUT2D eigenvalue weighted by molar-refractivity contribution is 5.77. The van der Waals surface area contributed by atoms with Crippen LogP contribution in [0.25, 0.3) is 0 Å². The summed E-state index contributed by atoms with van der Waals surface area (Å²) in [5.74, 6) is -2.70. The number of halogens is 2. The van der Waals surface area contributed by atoms with E-state index in [1.165, 1.54) is 6.07 Å². The highest BCUT2D eigenvalue weighted by Gasteiger charge is 2.12. The first-order valence-corrected chi connectivity index (χ1v) is 4.69. The lowest BCUT2D eigenvalue weighted by atomic mass is 10.2. The third-order valence-corrected chi connectivity index (χ3v) is 1.84. The molecular formula is C10H12F2N2O2. The van der Waals surface area contributed by atoms with Crippen LogP contribution in [-0.4, -0.2) is 19.1 Å². The topological polar surface area (TPSA) is 64.3 Å². The van der Waals surface area contributed by atoms with E-state index in [1.807, 2.05) is 0 Å². The molecule has 88 valence electrons. The molecule has 0 heterocycles. The molecule has 0 unspecified atom stereocenters. The van der Waals surface area contributed by atoms with Crippen molar-refractivity contribution in [1.29, 1.82) is 0 Å². The van der Waals surface area contributed by atoms with Crippen LogP contribution in [0.2, 0.25) is 0 Å². The minimum Gasteiger partial charge on any atom is -0.465 e. The molecule has 0 bridgehead atoms. The van der Waals surface area contributed by atoms with Gasteiger partial charge in [0.05, 0.1) is 18.0 Å². The summed E-state index contributed by atoms with van der Waals surface area (Å²) < 4.78 is 30.7. The van der Waals surface area contributed by atoms with E-state index < -0.39 is 17.6 Å². The lowest BCUT2D eigenvalue weighted by Gasteiger charge is -2.10. The third kappa shape index (κ3) is 2.82. The number of nitrogens with one attached hydrogen (secondary N) is 1. The van der Waals surface area contributed by atoms with Crippen LogP contribution in [0.15, 0.2) is 12.1 Å². The third-order valence-electron chi connectivity index (χ3n) is 1.84. The van der Waals surface area contributed by atoms with Crippen molar-refractivity contribution in [3.8, 4) is 0 Å². The first-order chi connectivity index (χ1) is 7.56. The lowest BCUT2D eigenvalue weighted by Crippen LogP contribution is -2.18. The van der Waals surface area contributed by atoms with Crippen molar-refractivity contribution in [3.05, 3.63) is 23.8 Å². The highest BCUT2D eigenvalue weighted by atomic mass is 19.2. The SMILES string of the molecule is CCOC(=O)CNc1c(N)ccc(F)c1F. The van der Waals surface area contributed by atoms with E-state index >= 15 is 0 Å². The Kier molecular flexibility index (Phi) is 4.04. The van der Waals surface area contributed by atoms with Gasteiger partial charge in [-0.1, -0.05) is 0 Å². The predicted octanol–water partition coefficient (Wildman–Crippen LogP) is 1.52. The molecule has 0 aliphatic heterocycles. The van der Waals surface area contributed by atoms with E-state index in [9.17, 15) is 13.6 Å². The van der Waals surface area contributed by atoms with Gasteiger partial charge in [-0.25, -0.2) is 8.78 Å². The van der Waals surface area contributed by atoms with Crippen molar-refractivity contribution in [3.63, 3.8) is 0 Å². The fourth-order valence-corrected chi connectivity index (χ4v) is 1.12. The van der Waals surface area contributed by atoms with Gasteiger partial charge in [0.25, 0.3) is 0 Å². The normalized spacial score (nSPS) is 9.94. The number of hydrogen-bond acceptors (Lipinski definition) is 4. The maximum atomic E-state index is 13.2. The van der Waals surface area contributed by atoms with Crippen LogP contribution < -0.4 is 11.1 Å². The number of rotatable bonds is 4. The quantitative estimate of drug-likeness (QED) is 0.608. The van der Waals surface area contributed by atoms with Crippen molar-refractivity contribution in [2.24, 2.45) is 0 Å². The Balaban J connectivity index is 2.74. The number of nitrogen functional groups attached to an aromatic ring is 1. The zero-order valence-electron chi connectivity index (χ0n) is 8.72. The minimum atomic E-state index is -1.11. The molecule has 0 spiro atoms. The van der Waals surface area contributed by atoms with Gasteiger partial charge in [0.15, 0.2) is 11.6 Å². The zero-order valence-corrected chi connectivity index (χ0v) is 8.72. The largest absolute Gasteiger partial charge is 0.465 e. The van der Waals surface area contributed by atoms with Gasteiger partial charge in [-0.05, 0) is 19.1 Å². The predicted molar refractivity (Wildman–Crippen MR) is 55.9 cm³/mol. The minimum absolute atomic E-state index is 0.0307. The number of carbonyl (C=O) groups is 1. The molecule has 16 heavy (non-hydrogen) atoms. The van der Waals surface area contributed by atoms with E-state index in [1.54, 1.807) is 6.92 Å². The summed E-state index contributed by atoms with van der Waals surface area (Å²) in [7, 11) is 0. The van der Waals surface area contributed by atoms with Gasteiger partial charge in [0, 0.05) is 0 Å². The van der Waals surface area contributed by atoms with Crippen LogP contribution in [-0.2, 0) is 9.53 Å². The highest BCUT2D eigenvalue weighted by Crippen LogP contribution is 2.24. The lowest BCUT2D eigenvalue weighted by molar-refractivity contribution is -0.140. The number of hydrogen-bond donors (Lipinski definition) is 2. The Morgan fingerprint density at radius 2 is 2.19 bits per heavy atom. The number of ether oxygens (including phenoxy) is 1. The molecule has 1 rings (SSSR count). The average molecular weight is 230 g/mol. The van der Waals surface area contributed by atoms with Crippen LogP contribution in [0.3, 0.4) is 0 Å². The van der Waals surface area contributed by atoms with Crippen LogP contribution in [0.4, 0.5) is 20.2 Å². The second-order valence-corrected chi connectivity index (χ2v) is 2.98. The van der Waals surface area contributed by atoms with Crippen molar-refractivity contribution in [1.82, 2.24) is 0 Å². The van der Waals surface area contributed by atoms with E-state index in [4.69, 9.17) is 5.73 Å². The summed E-state index contributed by atoms with van der Waals surface area (Å²) in [6.07, 6.45) is 0. The molecule has 0 aliphatic rings. The maximum absolute atomic E-state index is 13.2. The van der Waals surface area contributed by atoms with E-state index in [0.29, 0.717) is 0 Å². The molecule has 3 N–H and O–H groups in total. The fourth-order valence-electron chi connectivity index (χ4n) is 1.12. The van der Waals surface area contributed by atoms with Crippen molar-refractivity contribution < 1.29 is 18.3 Å². The molecule has 0 radical (unpaired) electrons. The number of nitrogens with two attached hydrogens (primary N) is 1. The van der Waals surface area contributed by atoms with Gasteiger partial charge in [0.2, 0.25) is 0 Å². The van der Waals surface area contributed by atoms with E-state index in [0.717, 1.165) is 6.07 Å². The van der Waals surface area contributed by atoms with Gasteiger partial charge in [-0.3, -0.25) is 4.79 Å². The Morgan fingerprint density at radius 3 is 2.81 bits per heavy atom. The molecular weight excluding hydrogens is 218 g/mol. The van der Waals surface area contributed by atoms with Gasteiger partial charge < -0.3 is 15.8 Å². The van der Waals surface area contributed by atoms with Crippen molar-refractivity contribution in [2.75, 3.05) is 24.2 Å². The number of benzene rings is 1. The second kappa shape index (κ2) is 5.29. The molecule has 0 saturated heterocycles. The number of esters is 1. The van der Waals surface area contributed by atoms with Gasteiger partial charge >= 0.3 is 5.97 Å². The Hall–Kier alpha value is -1.85. The Morgan fingerprint density at radius 1 is 1.50 bits per heavy atom. The van der Waals surface area contributed by atoms with E-state index in [-0.39, 0.29) is 24.5 Å². The molecule has 1 aromatic rings. The summed E-state index contributed by atoms with van der Waals surface area (Å²) in [4.78, 5) is 11.0. The second-order valence-electron chi connectivity index (χ2n) is 2.98. The van der Waals surface area contributed by atoms with E-state index in [2.05, 4.69) is 10.1 Å². The summed E-state index contributed by atoms with van der Waals surface area (Å²) in [6, 6.07) is 2.13. The first kappa shape index (κ1) is 12.2. The monoisotopic (exact) mass is 230 g/mol. The van der Waals surface area contributed by atoms with Crippen LogP contribution in [0, 0.1) is 11.6 Å². The maximum Gasteiger partial charge on any atom is 0.325 e. The van der Waals surface area contributed by atoms with Crippen LogP contribution >= 0.6 is 0 Å². The molecule has 0 fully saturated rings. The molecule has 0 saturated carbocycles. The fraction of sp³-hybridized carbons (Fsp3) is 0.300. The average Bonchev–Trinajstić information content (AvgIpc) is 2.24. The van der Waals surface area contributed by atoms with Crippen LogP contribution in [0.1, 0.15) is 6.92 Å². The summed E-state index contributed by atoms with van der Waals surface area (Å²) >= 11 is 0. The van der Waals surface area contributed by atoms with Crippen molar-refractivity contribution >= 4 is 17.3 Å². The smallest absolute Gasteiger partial charge is 0.325 e. The molecule has 0 amide bonds. The molecule has 4 nitrogen and oxygen atoms in total. The molecule has 0 atom stereocenters. The van der Waals surface area contributed by atoms with Crippen LogP contribution in [0.5, 0.6) is 0 Å². The Bertz CT molecular complexity index is 397. The summed E-state index contributed by atoms with van der Waals surface area (Å²) in [6.45, 7) is 1.61.